The summed E-state index contributed by atoms with van der Waals surface area (Å²) >= 11 is 1.62. The Balaban J connectivity index is 2.25. The van der Waals surface area contributed by atoms with E-state index in [1.165, 1.54) is 15.2 Å². The topological polar surface area (TPSA) is 81.2 Å². The molecule has 0 bridgehead atoms. The minimum atomic E-state index is -3.65. The predicted octanol–water partition coefficient (Wildman–Crippen LogP) is 1.32. The lowest BCUT2D eigenvalue weighted by Crippen LogP contribution is -2.37. The molecule has 0 spiro atoms. The number of nitrogen functional groups attached to an aromatic ring is 1. The van der Waals surface area contributed by atoms with Crippen LogP contribution in [0.3, 0.4) is 0 Å². The molecule has 0 saturated carbocycles. The van der Waals surface area contributed by atoms with Crippen LogP contribution in [0.1, 0.15) is 11.8 Å². The molecule has 1 unspecified atom stereocenters. The number of rotatable bonds is 5. The molecule has 2 rings (SSSR count). The minimum absolute atomic E-state index is 0.0303. The highest BCUT2D eigenvalue weighted by Crippen LogP contribution is 2.23. The summed E-state index contributed by atoms with van der Waals surface area (Å²) < 4.78 is 28.0. The van der Waals surface area contributed by atoms with Crippen LogP contribution in [0.5, 0.6) is 0 Å². The summed E-state index contributed by atoms with van der Waals surface area (Å²) in [6, 6.07) is 3.80. The molecule has 0 saturated heterocycles. The van der Waals surface area contributed by atoms with E-state index in [0.29, 0.717) is 6.42 Å². The van der Waals surface area contributed by atoms with Gasteiger partial charge in [-0.3, -0.25) is 0 Å². The molecule has 0 aliphatic carbocycles. The van der Waals surface area contributed by atoms with E-state index in [-0.39, 0.29) is 16.9 Å². The van der Waals surface area contributed by atoms with Crippen LogP contribution >= 0.6 is 11.3 Å². The van der Waals surface area contributed by atoms with Crippen molar-refractivity contribution in [1.82, 2.24) is 13.9 Å². The Bertz CT molecular complexity index is 657. The molecule has 20 heavy (non-hydrogen) atoms. The first-order chi connectivity index (χ1) is 9.34. The third-order valence-corrected chi connectivity index (χ3v) is 6.23. The maximum absolute atomic E-state index is 12.6. The lowest BCUT2D eigenvalue weighted by molar-refractivity contribution is 0.385. The fourth-order valence-corrected chi connectivity index (χ4v) is 4.35. The van der Waals surface area contributed by atoms with Crippen LogP contribution in [0.15, 0.2) is 28.9 Å². The van der Waals surface area contributed by atoms with Crippen molar-refractivity contribution in [3.63, 3.8) is 0 Å². The average molecular weight is 314 g/mol. The van der Waals surface area contributed by atoms with Crippen LogP contribution in [0, 0.1) is 0 Å². The summed E-state index contributed by atoms with van der Waals surface area (Å²) in [6.07, 6.45) is 2.07. The molecule has 2 N–H and O–H groups in total. The molecule has 0 radical (unpaired) electrons. The normalized spacial score (nSPS) is 13.8. The first-order valence-corrected chi connectivity index (χ1v) is 8.43. The molecule has 0 aromatic carbocycles. The molecule has 0 fully saturated rings. The maximum atomic E-state index is 12.6. The molecule has 1 atom stereocenters. The third-order valence-electron chi connectivity index (χ3n) is 3.23. The fourth-order valence-electron chi connectivity index (χ4n) is 1.97. The van der Waals surface area contributed by atoms with Crippen LogP contribution in [-0.2, 0) is 23.5 Å². The number of likely N-dealkylation sites (N-methyl/N-ethyl adjacent to an activating group) is 1. The molecule has 0 aliphatic rings. The Kier molecular flexibility index (Phi) is 4.17. The molecule has 6 nitrogen and oxygen atoms in total. The van der Waals surface area contributed by atoms with Crippen molar-refractivity contribution < 1.29 is 8.42 Å². The van der Waals surface area contributed by atoms with E-state index in [0.717, 1.165) is 4.88 Å². The zero-order valence-electron chi connectivity index (χ0n) is 11.6. The smallest absolute Gasteiger partial charge is 0.262 e. The van der Waals surface area contributed by atoms with Gasteiger partial charge < -0.3 is 10.3 Å². The lowest BCUT2D eigenvalue weighted by Gasteiger charge is -2.24. The molecule has 2 aromatic heterocycles. The summed E-state index contributed by atoms with van der Waals surface area (Å²) in [5.74, 6) is 0.0303. The van der Waals surface area contributed by atoms with E-state index in [2.05, 4.69) is 4.98 Å². The van der Waals surface area contributed by atoms with Crippen molar-refractivity contribution in [3.05, 3.63) is 28.7 Å². The number of nitrogens with zero attached hydrogens (tertiary/aromatic N) is 3. The lowest BCUT2D eigenvalue weighted by atomic mass is 10.2. The van der Waals surface area contributed by atoms with Gasteiger partial charge in [0.25, 0.3) is 10.0 Å². The fraction of sp³-hybridized carbons (Fsp3) is 0.417. The standard InChI is InChI=1S/C12H18N4O2S2/c1-9(7-10-5-4-6-19-10)16(3)20(17,18)12-11(13)14-8-15(12)2/h4-6,8-9H,7,13H2,1-3H3. The van der Waals surface area contributed by atoms with Crippen LogP contribution < -0.4 is 5.73 Å². The van der Waals surface area contributed by atoms with Gasteiger partial charge in [0.1, 0.15) is 0 Å². The van der Waals surface area contributed by atoms with Gasteiger partial charge in [-0.2, -0.15) is 4.31 Å². The Morgan fingerprint density at radius 3 is 2.75 bits per heavy atom. The molecular formula is C12H18N4O2S2. The highest BCUT2D eigenvalue weighted by Gasteiger charge is 2.30. The number of hydrogen-bond donors (Lipinski definition) is 1. The van der Waals surface area contributed by atoms with E-state index < -0.39 is 10.0 Å². The Hall–Kier alpha value is -1.38. The number of thiophene rings is 1. The van der Waals surface area contributed by atoms with Crippen molar-refractivity contribution in [2.45, 2.75) is 24.4 Å². The van der Waals surface area contributed by atoms with Crippen LogP contribution in [0.25, 0.3) is 0 Å². The third kappa shape index (κ3) is 2.72. The second-order valence-corrected chi connectivity index (χ2v) is 7.64. The van der Waals surface area contributed by atoms with E-state index in [9.17, 15) is 8.42 Å². The monoisotopic (exact) mass is 314 g/mol. The van der Waals surface area contributed by atoms with Crippen LogP contribution in [-0.4, -0.2) is 35.4 Å². The second kappa shape index (κ2) is 5.55. The van der Waals surface area contributed by atoms with E-state index in [4.69, 9.17) is 5.73 Å². The van der Waals surface area contributed by atoms with E-state index in [1.807, 2.05) is 24.4 Å². The summed E-state index contributed by atoms with van der Waals surface area (Å²) in [6.45, 7) is 1.88. The van der Waals surface area contributed by atoms with Gasteiger partial charge in [0.2, 0.25) is 0 Å². The van der Waals surface area contributed by atoms with Crippen LogP contribution in [0.4, 0.5) is 5.82 Å². The molecule has 8 heteroatoms. The second-order valence-electron chi connectivity index (χ2n) is 4.70. The number of sulfonamides is 1. The number of aryl methyl sites for hydroxylation is 1. The maximum Gasteiger partial charge on any atom is 0.262 e. The quantitative estimate of drug-likeness (QED) is 0.902. The molecule has 0 aliphatic heterocycles. The van der Waals surface area contributed by atoms with Gasteiger partial charge in [0, 0.05) is 25.0 Å². The number of imidazole rings is 1. The van der Waals surface area contributed by atoms with E-state index >= 15 is 0 Å². The number of hydrogen-bond acceptors (Lipinski definition) is 5. The zero-order chi connectivity index (χ0) is 14.9. The Labute approximate surface area is 122 Å². The largest absolute Gasteiger partial charge is 0.381 e. The van der Waals surface area contributed by atoms with Gasteiger partial charge in [0.05, 0.1) is 6.33 Å². The van der Waals surface area contributed by atoms with Crippen LogP contribution in [0.2, 0.25) is 0 Å². The summed E-state index contributed by atoms with van der Waals surface area (Å²) in [4.78, 5) is 4.99. The molecule has 110 valence electrons. The first-order valence-electron chi connectivity index (χ1n) is 6.11. The average Bonchev–Trinajstić information content (AvgIpc) is 2.98. The van der Waals surface area contributed by atoms with Gasteiger partial charge in [-0.15, -0.1) is 11.3 Å². The summed E-state index contributed by atoms with van der Waals surface area (Å²) in [5.41, 5.74) is 5.67. The number of aromatic nitrogens is 2. The number of nitrogens with two attached hydrogens (primary N) is 1. The van der Waals surface area contributed by atoms with Crippen molar-refractivity contribution in [3.8, 4) is 0 Å². The minimum Gasteiger partial charge on any atom is -0.381 e. The van der Waals surface area contributed by atoms with Gasteiger partial charge in [0.15, 0.2) is 10.8 Å². The Morgan fingerprint density at radius 2 is 2.25 bits per heavy atom. The van der Waals surface area contributed by atoms with Crippen molar-refractivity contribution in [1.29, 1.82) is 0 Å². The highest BCUT2D eigenvalue weighted by atomic mass is 32.2. The first kappa shape index (κ1) is 15.0. The van der Waals surface area contributed by atoms with Crippen molar-refractivity contribution in [2.24, 2.45) is 7.05 Å². The summed E-state index contributed by atoms with van der Waals surface area (Å²) in [7, 11) is -0.457. The highest BCUT2D eigenvalue weighted by molar-refractivity contribution is 7.89. The zero-order valence-corrected chi connectivity index (χ0v) is 13.3. The predicted molar refractivity (Wildman–Crippen MR) is 80.1 cm³/mol. The molecule has 2 aromatic rings. The van der Waals surface area contributed by atoms with Gasteiger partial charge in [-0.05, 0) is 24.8 Å². The summed E-state index contributed by atoms with van der Waals surface area (Å²) in [5, 5.41) is 2.02. The molecule has 0 amide bonds. The van der Waals surface area contributed by atoms with Gasteiger partial charge in [-0.1, -0.05) is 6.07 Å². The van der Waals surface area contributed by atoms with E-state index in [1.54, 1.807) is 25.4 Å². The van der Waals surface area contributed by atoms with Crippen molar-refractivity contribution in [2.75, 3.05) is 12.8 Å². The molecule has 2 heterocycles. The van der Waals surface area contributed by atoms with Crippen molar-refractivity contribution >= 4 is 27.2 Å². The van der Waals surface area contributed by atoms with Gasteiger partial charge >= 0.3 is 0 Å². The van der Waals surface area contributed by atoms with Gasteiger partial charge in [-0.25, -0.2) is 13.4 Å². The SMILES string of the molecule is CC(Cc1cccs1)N(C)S(=O)(=O)c1c(N)ncn1C. The Morgan fingerprint density at radius 1 is 1.55 bits per heavy atom. The number of anilines is 1. The molecular weight excluding hydrogens is 296 g/mol.